The fraction of sp³-hybridized carbons (Fsp3) is 0.778. The number of likely N-dealkylation sites (N-methyl/N-ethyl adjacent to an activating group) is 1. The molecule has 0 aromatic heterocycles. The number of carbonyl (C=O) groups is 2. The molecule has 1 atom stereocenters. The molecule has 1 aliphatic rings. The van der Waals surface area contributed by atoms with Crippen LogP contribution in [0.15, 0.2) is 0 Å². The number of amides is 2. The first kappa shape index (κ1) is 12.3. The first-order valence-electron chi connectivity index (χ1n) is 4.92. The maximum Gasteiger partial charge on any atom is 0.312 e. The smallest absolute Gasteiger partial charge is 0.312 e. The van der Waals surface area contributed by atoms with E-state index in [4.69, 9.17) is 11.6 Å². The topological polar surface area (TPSA) is 60.9 Å². The quantitative estimate of drug-likeness (QED) is 0.516. The Hall–Kier alpha value is -0.810. The van der Waals surface area contributed by atoms with Crippen LogP contribution in [0, 0.1) is 0 Å². The van der Waals surface area contributed by atoms with E-state index in [1.807, 2.05) is 6.92 Å². The standard InChI is InChI=1S/C9H15ClN2O3/c1-2-11-3-4-12(6-7(13)5-10)9(15)8(11)14/h7,13H,2-6H2,1H3. The fourth-order valence-electron chi connectivity index (χ4n) is 1.49. The van der Waals surface area contributed by atoms with Crippen molar-refractivity contribution in [1.29, 1.82) is 0 Å². The molecule has 0 aliphatic carbocycles. The van der Waals surface area contributed by atoms with Gasteiger partial charge >= 0.3 is 11.8 Å². The Bertz CT molecular complexity index is 260. The number of carbonyl (C=O) groups excluding carboxylic acids is 2. The molecule has 1 unspecified atom stereocenters. The summed E-state index contributed by atoms with van der Waals surface area (Å²) in [7, 11) is 0. The number of hydrogen-bond donors (Lipinski definition) is 1. The van der Waals surface area contributed by atoms with Crippen molar-refractivity contribution >= 4 is 23.4 Å². The molecule has 86 valence electrons. The first-order chi connectivity index (χ1) is 7.10. The number of hydrogen-bond acceptors (Lipinski definition) is 3. The van der Waals surface area contributed by atoms with Crippen molar-refractivity contribution in [2.45, 2.75) is 13.0 Å². The minimum Gasteiger partial charge on any atom is -0.390 e. The van der Waals surface area contributed by atoms with Crippen LogP contribution in [0.3, 0.4) is 0 Å². The van der Waals surface area contributed by atoms with Crippen LogP contribution >= 0.6 is 11.6 Å². The molecule has 1 N–H and O–H groups in total. The molecule has 0 spiro atoms. The molecular formula is C9H15ClN2O3. The maximum atomic E-state index is 11.5. The molecule has 1 aliphatic heterocycles. The van der Waals surface area contributed by atoms with Gasteiger partial charge < -0.3 is 14.9 Å². The third-order valence-electron chi connectivity index (χ3n) is 2.39. The second-order valence-electron chi connectivity index (χ2n) is 3.44. The molecule has 1 rings (SSSR count). The molecule has 0 saturated carbocycles. The van der Waals surface area contributed by atoms with E-state index in [1.165, 1.54) is 9.80 Å². The number of aliphatic hydroxyl groups is 1. The van der Waals surface area contributed by atoms with Crippen molar-refractivity contribution in [3.05, 3.63) is 0 Å². The summed E-state index contributed by atoms with van der Waals surface area (Å²) in [6, 6.07) is 0. The van der Waals surface area contributed by atoms with Crippen molar-refractivity contribution in [2.75, 3.05) is 32.1 Å². The van der Waals surface area contributed by atoms with Crippen molar-refractivity contribution in [3.8, 4) is 0 Å². The molecule has 5 nitrogen and oxygen atoms in total. The third kappa shape index (κ3) is 2.82. The number of piperazine rings is 1. The summed E-state index contributed by atoms with van der Waals surface area (Å²) in [5.41, 5.74) is 0. The predicted octanol–water partition coefficient (Wildman–Crippen LogP) is -0.723. The summed E-state index contributed by atoms with van der Waals surface area (Å²) in [6.07, 6.45) is -0.767. The van der Waals surface area contributed by atoms with Crippen molar-refractivity contribution in [1.82, 2.24) is 9.80 Å². The summed E-state index contributed by atoms with van der Waals surface area (Å²) >= 11 is 5.43. The van der Waals surface area contributed by atoms with E-state index in [0.29, 0.717) is 19.6 Å². The van der Waals surface area contributed by atoms with Gasteiger partial charge in [0.05, 0.1) is 12.0 Å². The highest BCUT2D eigenvalue weighted by Gasteiger charge is 2.32. The van der Waals surface area contributed by atoms with Gasteiger partial charge in [-0.2, -0.15) is 0 Å². The lowest BCUT2D eigenvalue weighted by Gasteiger charge is -2.33. The van der Waals surface area contributed by atoms with Gasteiger partial charge in [-0.05, 0) is 6.92 Å². The zero-order valence-electron chi connectivity index (χ0n) is 8.65. The molecule has 1 fully saturated rings. The van der Waals surface area contributed by atoms with Gasteiger partial charge in [-0.25, -0.2) is 0 Å². The van der Waals surface area contributed by atoms with Crippen LogP contribution in [0.25, 0.3) is 0 Å². The summed E-state index contributed by atoms with van der Waals surface area (Å²) in [6.45, 7) is 3.49. The lowest BCUT2D eigenvalue weighted by molar-refractivity contribution is -0.156. The van der Waals surface area contributed by atoms with Gasteiger partial charge in [0.1, 0.15) is 0 Å². The molecule has 15 heavy (non-hydrogen) atoms. The minimum atomic E-state index is -0.767. The van der Waals surface area contributed by atoms with E-state index in [1.54, 1.807) is 0 Å². The van der Waals surface area contributed by atoms with Gasteiger partial charge in [0.2, 0.25) is 0 Å². The molecule has 1 heterocycles. The van der Waals surface area contributed by atoms with Crippen LogP contribution in [0.2, 0.25) is 0 Å². The number of nitrogens with zero attached hydrogens (tertiary/aromatic N) is 2. The lowest BCUT2D eigenvalue weighted by atomic mass is 10.2. The third-order valence-corrected chi connectivity index (χ3v) is 2.74. The SMILES string of the molecule is CCN1CCN(CC(O)CCl)C(=O)C1=O. The van der Waals surface area contributed by atoms with Gasteiger partial charge in [-0.15, -0.1) is 11.6 Å². The van der Waals surface area contributed by atoms with E-state index in [-0.39, 0.29) is 12.4 Å². The second kappa shape index (κ2) is 5.32. The molecule has 0 aromatic rings. The normalized spacial score (nSPS) is 19.7. The second-order valence-corrected chi connectivity index (χ2v) is 3.75. The average molecular weight is 235 g/mol. The van der Waals surface area contributed by atoms with Gasteiger partial charge in [-0.1, -0.05) is 0 Å². The highest BCUT2D eigenvalue weighted by molar-refractivity contribution is 6.35. The molecule has 2 amide bonds. The van der Waals surface area contributed by atoms with Crippen LogP contribution in [-0.2, 0) is 9.59 Å². The van der Waals surface area contributed by atoms with E-state index in [2.05, 4.69) is 0 Å². The number of halogens is 1. The van der Waals surface area contributed by atoms with Crippen LogP contribution in [0.5, 0.6) is 0 Å². The molecular weight excluding hydrogens is 220 g/mol. The van der Waals surface area contributed by atoms with Crippen molar-refractivity contribution < 1.29 is 14.7 Å². The Morgan fingerprint density at radius 3 is 2.40 bits per heavy atom. The van der Waals surface area contributed by atoms with Crippen LogP contribution in [-0.4, -0.2) is 64.9 Å². The summed E-state index contributed by atoms with van der Waals surface area (Å²) < 4.78 is 0. The number of aliphatic hydroxyl groups excluding tert-OH is 1. The Morgan fingerprint density at radius 1 is 1.33 bits per heavy atom. The summed E-state index contributed by atoms with van der Waals surface area (Å²) in [4.78, 5) is 25.8. The monoisotopic (exact) mass is 234 g/mol. The zero-order chi connectivity index (χ0) is 11.4. The van der Waals surface area contributed by atoms with E-state index in [9.17, 15) is 14.7 Å². The minimum absolute atomic E-state index is 0.0649. The average Bonchev–Trinajstić information content (AvgIpc) is 2.25. The van der Waals surface area contributed by atoms with Gasteiger partial charge in [0.15, 0.2) is 0 Å². The van der Waals surface area contributed by atoms with E-state index >= 15 is 0 Å². The van der Waals surface area contributed by atoms with Crippen LogP contribution < -0.4 is 0 Å². The van der Waals surface area contributed by atoms with Gasteiger partial charge in [0, 0.05) is 26.2 Å². The predicted molar refractivity (Wildman–Crippen MR) is 55.6 cm³/mol. The molecule has 1 saturated heterocycles. The van der Waals surface area contributed by atoms with Crippen molar-refractivity contribution in [3.63, 3.8) is 0 Å². The van der Waals surface area contributed by atoms with Gasteiger partial charge in [0.25, 0.3) is 0 Å². The van der Waals surface area contributed by atoms with E-state index < -0.39 is 17.9 Å². The van der Waals surface area contributed by atoms with Crippen molar-refractivity contribution in [2.24, 2.45) is 0 Å². The lowest BCUT2D eigenvalue weighted by Crippen LogP contribution is -2.55. The zero-order valence-corrected chi connectivity index (χ0v) is 9.40. The highest BCUT2D eigenvalue weighted by atomic mass is 35.5. The Kier molecular flexibility index (Phi) is 4.35. The fourth-order valence-corrected chi connectivity index (χ4v) is 1.59. The molecule has 0 bridgehead atoms. The number of alkyl halides is 1. The number of β-amino-alcohol motifs (C(OH)–C–C–N with tert-alkyl or cyclic N) is 1. The molecule has 0 radical (unpaired) electrons. The largest absolute Gasteiger partial charge is 0.390 e. The maximum absolute atomic E-state index is 11.5. The Labute approximate surface area is 93.6 Å². The van der Waals surface area contributed by atoms with Gasteiger partial charge in [-0.3, -0.25) is 9.59 Å². The summed E-state index contributed by atoms with van der Waals surface area (Å²) in [5.74, 6) is -0.979. The Balaban J connectivity index is 2.57. The van der Waals surface area contributed by atoms with E-state index in [0.717, 1.165) is 0 Å². The molecule has 6 heteroatoms. The Morgan fingerprint density at radius 2 is 1.87 bits per heavy atom. The first-order valence-corrected chi connectivity index (χ1v) is 5.45. The number of rotatable bonds is 4. The molecule has 0 aromatic carbocycles. The van der Waals surface area contributed by atoms with Crippen LogP contribution in [0.4, 0.5) is 0 Å². The summed E-state index contributed by atoms with van der Waals surface area (Å²) in [5, 5.41) is 9.29. The van der Waals surface area contributed by atoms with Crippen LogP contribution in [0.1, 0.15) is 6.92 Å². The highest BCUT2D eigenvalue weighted by Crippen LogP contribution is 2.06.